The van der Waals surface area contributed by atoms with Crippen LogP contribution in [-0.4, -0.2) is 18.5 Å². The summed E-state index contributed by atoms with van der Waals surface area (Å²) in [7, 11) is 0. The molecule has 3 heteroatoms. The SMILES string of the molecule is CCCCOc1c(CC)cc(OCCCBr)c2ccccc12. The summed E-state index contributed by atoms with van der Waals surface area (Å²) < 4.78 is 12.1. The molecule has 0 unspecified atom stereocenters. The number of alkyl halides is 1. The van der Waals surface area contributed by atoms with Crippen LogP contribution < -0.4 is 9.47 Å². The maximum absolute atomic E-state index is 6.10. The third kappa shape index (κ3) is 4.16. The zero-order valence-electron chi connectivity index (χ0n) is 13.5. The normalized spacial score (nSPS) is 10.9. The highest BCUT2D eigenvalue weighted by Crippen LogP contribution is 2.37. The molecule has 2 aromatic rings. The Hall–Kier alpha value is -1.22. The average molecular weight is 365 g/mol. The summed E-state index contributed by atoms with van der Waals surface area (Å²) in [4.78, 5) is 0. The first-order chi connectivity index (χ1) is 10.8. The molecule has 22 heavy (non-hydrogen) atoms. The van der Waals surface area contributed by atoms with Gasteiger partial charge < -0.3 is 9.47 Å². The second-order valence-electron chi connectivity index (χ2n) is 5.36. The summed E-state index contributed by atoms with van der Waals surface area (Å²) in [5, 5.41) is 3.26. The zero-order valence-corrected chi connectivity index (χ0v) is 15.1. The molecular weight excluding hydrogens is 340 g/mol. The van der Waals surface area contributed by atoms with Gasteiger partial charge in [-0.2, -0.15) is 0 Å². The molecule has 0 radical (unpaired) electrons. The van der Waals surface area contributed by atoms with Gasteiger partial charge in [-0.05, 0) is 30.9 Å². The van der Waals surface area contributed by atoms with Gasteiger partial charge in [0.25, 0.3) is 0 Å². The van der Waals surface area contributed by atoms with E-state index < -0.39 is 0 Å². The van der Waals surface area contributed by atoms with Gasteiger partial charge in [-0.25, -0.2) is 0 Å². The third-order valence-corrected chi connectivity index (χ3v) is 4.26. The van der Waals surface area contributed by atoms with Gasteiger partial charge in [0.2, 0.25) is 0 Å². The highest BCUT2D eigenvalue weighted by molar-refractivity contribution is 9.09. The first-order valence-electron chi connectivity index (χ1n) is 8.18. The Bertz CT molecular complexity index is 595. The molecule has 0 aliphatic rings. The van der Waals surface area contributed by atoms with Gasteiger partial charge in [-0.15, -0.1) is 0 Å². The van der Waals surface area contributed by atoms with Gasteiger partial charge in [0, 0.05) is 16.1 Å². The predicted molar refractivity (Wildman–Crippen MR) is 97.6 cm³/mol. The molecule has 0 amide bonds. The molecule has 0 saturated heterocycles. The van der Waals surface area contributed by atoms with E-state index >= 15 is 0 Å². The minimum absolute atomic E-state index is 0.731. The molecule has 0 heterocycles. The number of hydrogen-bond donors (Lipinski definition) is 0. The van der Waals surface area contributed by atoms with E-state index in [2.05, 4.69) is 60.1 Å². The number of ether oxygens (including phenoxy) is 2. The molecule has 0 aromatic heterocycles. The van der Waals surface area contributed by atoms with Crippen molar-refractivity contribution in [3.63, 3.8) is 0 Å². The van der Waals surface area contributed by atoms with Gasteiger partial charge >= 0.3 is 0 Å². The molecule has 0 atom stereocenters. The molecule has 0 fully saturated rings. The average Bonchev–Trinajstić information content (AvgIpc) is 2.56. The smallest absolute Gasteiger partial charge is 0.130 e. The maximum atomic E-state index is 6.10. The van der Waals surface area contributed by atoms with E-state index in [1.807, 2.05) is 0 Å². The van der Waals surface area contributed by atoms with Gasteiger partial charge in [-0.3, -0.25) is 0 Å². The molecule has 0 spiro atoms. The van der Waals surface area contributed by atoms with Crippen molar-refractivity contribution in [1.29, 1.82) is 0 Å². The first kappa shape index (κ1) is 17.1. The maximum Gasteiger partial charge on any atom is 0.130 e. The molecular formula is C19H25BrO2. The van der Waals surface area contributed by atoms with Gasteiger partial charge in [0.1, 0.15) is 11.5 Å². The number of benzene rings is 2. The fourth-order valence-electron chi connectivity index (χ4n) is 2.48. The number of rotatable bonds is 9. The summed E-state index contributed by atoms with van der Waals surface area (Å²) in [6.45, 7) is 5.85. The van der Waals surface area contributed by atoms with Crippen molar-refractivity contribution in [3.8, 4) is 11.5 Å². The van der Waals surface area contributed by atoms with E-state index in [-0.39, 0.29) is 0 Å². The van der Waals surface area contributed by atoms with Crippen LogP contribution in [0.3, 0.4) is 0 Å². The number of unbranched alkanes of at least 4 members (excludes halogenated alkanes) is 1. The molecule has 120 valence electrons. The van der Waals surface area contributed by atoms with E-state index in [1.165, 1.54) is 5.56 Å². The van der Waals surface area contributed by atoms with Crippen molar-refractivity contribution in [2.45, 2.75) is 39.5 Å². The van der Waals surface area contributed by atoms with Crippen molar-refractivity contribution in [2.75, 3.05) is 18.5 Å². The minimum atomic E-state index is 0.731. The van der Waals surface area contributed by atoms with E-state index in [9.17, 15) is 0 Å². The van der Waals surface area contributed by atoms with Crippen LogP contribution in [0.5, 0.6) is 11.5 Å². The zero-order chi connectivity index (χ0) is 15.8. The lowest BCUT2D eigenvalue weighted by Crippen LogP contribution is -2.03. The molecule has 0 N–H and O–H groups in total. The number of hydrogen-bond acceptors (Lipinski definition) is 2. The van der Waals surface area contributed by atoms with Gasteiger partial charge in [0.15, 0.2) is 0 Å². The fourth-order valence-corrected chi connectivity index (χ4v) is 2.71. The summed E-state index contributed by atoms with van der Waals surface area (Å²) in [6, 6.07) is 10.5. The van der Waals surface area contributed by atoms with Crippen molar-refractivity contribution in [2.24, 2.45) is 0 Å². The van der Waals surface area contributed by atoms with Gasteiger partial charge in [-0.1, -0.05) is 60.5 Å². The van der Waals surface area contributed by atoms with Crippen LogP contribution >= 0.6 is 15.9 Å². The first-order valence-corrected chi connectivity index (χ1v) is 9.30. The standard InChI is InChI=1S/C19H25BrO2/c1-3-5-12-22-19-15(4-2)14-18(21-13-8-11-20)16-9-6-7-10-17(16)19/h6-7,9-10,14H,3-5,8,11-13H2,1-2H3. The fraction of sp³-hybridized carbons (Fsp3) is 0.474. The Morgan fingerprint density at radius 3 is 2.36 bits per heavy atom. The number of aryl methyl sites for hydroxylation is 1. The van der Waals surface area contributed by atoms with Gasteiger partial charge in [0.05, 0.1) is 13.2 Å². The molecule has 0 aliphatic carbocycles. The summed E-state index contributed by atoms with van der Waals surface area (Å²) >= 11 is 3.45. The van der Waals surface area contributed by atoms with Crippen LogP contribution in [0, 0.1) is 0 Å². The Kier molecular flexibility index (Phi) is 7.04. The lowest BCUT2D eigenvalue weighted by atomic mass is 10.0. The predicted octanol–water partition coefficient (Wildman–Crippen LogP) is 5.74. The van der Waals surface area contributed by atoms with Crippen molar-refractivity contribution in [1.82, 2.24) is 0 Å². The van der Waals surface area contributed by atoms with Crippen LogP contribution in [0.15, 0.2) is 30.3 Å². The molecule has 2 rings (SSSR count). The molecule has 2 nitrogen and oxygen atoms in total. The molecule has 0 bridgehead atoms. The monoisotopic (exact) mass is 364 g/mol. The summed E-state index contributed by atoms with van der Waals surface area (Å²) in [5.74, 6) is 2.00. The summed E-state index contributed by atoms with van der Waals surface area (Å²) in [6.07, 6.45) is 4.18. The minimum Gasteiger partial charge on any atom is -0.493 e. The lowest BCUT2D eigenvalue weighted by molar-refractivity contribution is 0.306. The van der Waals surface area contributed by atoms with Crippen molar-refractivity contribution < 1.29 is 9.47 Å². The van der Waals surface area contributed by atoms with Crippen LogP contribution in [0.4, 0.5) is 0 Å². The van der Waals surface area contributed by atoms with Crippen molar-refractivity contribution in [3.05, 3.63) is 35.9 Å². The highest BCUT2D eigenvalue weighted by atomic mass is 79.9. The summed E-state index contributed by atoms with van der Waals surface area (Å²) in [5.41, 5.74) is 1.23. The topological polar surface area (TPSA) is 18.5 Å². The number of halogens is 1. The van der Waals surface area contributed by atoms with Crippen LogP contribution in [0.2, 0.25) is 0 Å². The van der Waals surface area contributed by atoms with Crippen LogP contribution in [0.1, 0.15) is 38.7 Å². The van der Waals surface area contributed by atoms with E-state index in [0.29, 0.717) is 0 Å². The quantitative estimate of drug-likeness (QED) is 0.416. The van der Waals surface area contributed by atoms with Crippen molar-refractivity contribution >= 4 is 26.7 Å². The second kappa shape index (κ2) is 9.04. The van der Waals surface area contributed by atoms with E-state index in [4.69, 9.17) is 9.47 Å². The molecule has 0 aliphatic heterocycles. The Morgan fingerprint density at radius 2 is 1.68 bits per heavy atom. The third-order valence-electron chi connectivity index (χ3n) is 3.69. The number of fused-ring (bicyclic) bond motifs is 1. The van der Waals surface area contributed by atoms with E-state index in [0.717, 1.165) is 66.5 Å². The highest BCUT2D eigenvalue weighted by Gasteiger charge is 2.13. The molecule has 0 saturated carbocycles. The molecule has 2 aromatic carbocycles. The van der Waals surface area contributed by atoms with Crippen LogP contribution in [-0.2, 0) is 6.42 Å². The van der Waals surface area contributed by atoms with E-state index in [1.54, 1.807) is 0 Å². The Labute approximate surface area is 141 Å². The largest absolute Gasteiger partial charge is 0.493 e. The Balaban J connectivity index is 2.39. The second-order valence-corrected chi connectivity index (χ2v) is 6.15. The Morgan fingerprint density at radius 1 is 0.955 bits per heavy atom. The van der Waals surface area contributed by atoms with Crippen LogP contribution in [0.25, 0.3) is 10.8 Å². The lowest BCUT2D eigenvalue weighted by Gasteiger charge is -2.17.